The van der Waals surface area contributed by atoms with E-state index in [0.29, 0.717) is 18.4 Å². The Morgan fingerprint density at radius 2 is 1.89 bits per heavy atom. The standard InChI is InChI=1S/C29H34N8.C6H11NO/c1-18(2)24-17-32-37-27(24)34-29(36-12-10-22(30)11-13-36)35-28(37)31-16-20-6-4-5-7-23(20)26-15-21-14-19(3)8-9-25(21)33-26;1-7(2)5-3-4-6-8/h4-9,14-15,17-18,22,33H,10-13,16,30H2,1-3H3,(H,31,34,35);3-4,6H,5H2,1-2H3/b;4-3+. The third-order valence-corrected chi connectivity index (χ3v) is 8.03. The number of aromatic nitrogens is 5. The van der Waals surface area contributed by atoms with Crippen molar-refractivity contribution < 1.29 is 4.79 Å². The normalized spacial score (nSPS) is 14.1. The number of H-pyrrole nitrogens is 1. The first kappa shape index (κ1) is 31.9. The van der Waals surface area contributed by atoms with E-state index < -0.39 is 0 Å². The molecular formula is C35H45N9O. The largest absolute Gasteiger partial charge is 0.355 e. The van der Waals surface area contributed by atoms with E-state index in [-0.39, 0.29) is 6.04 Å². The number of aldehydes is 1. The van der Waals surface area contributed by atoms with Crippen molar-refractivity contribution in [3.63, 3.8) is 0 Å². The predicted molar refractivity (Wildman–Crippen MR) is 184 cm³/mol. The summed E-state index contributed by atoms with van der Waals surface area (Å²) in [6.07, 6.45) is 7.91. The number of aromatic amines is 1. The van der Waals surface area contributed by atoms with Crippen LogP contribution >= 0.6 is 0 Å². The average molecular weight is 608 g/mol. The molecule has 2 aromatic carbocycles. The van der Waals surface area contributed by atoms with Gasteiger partial charge in [-0.25, -0.2) is 0 Å². The van der Waals surface area contributed by atoms with Crippen LogP contribution in [0.5, 0.6) is 0 Å². The van der Waals surface area contributed by atoms with E-state index in [9.17, 15) is 4.79 Å². The number of piperidine rings is 1. The number of nitrogens with one attached hydrogen (secondary N) is 2. The number of anilines is 2. The fourth-order valence-corrected chi connectivity index (χ4v) is 5.48. The minimum absolute atomic E-state index is 0.254. The molecule has 5 aromatic rings. The van der Waals surface area contributed by atoms with Gasteiger partial charge in [0.15, 0.2) is 5.65 Å². The molecule has 10 heteroatoms. The third-order valence-electron chi connectivity index (χ3n) is 8.03. The molecule has 0 saturated carbocycles. The lowest BCUT2D eigenvalue weighted by molar-refractivity contribution is -0.104. The Labute approximate surface area is 265 Å². The Morgan fingerprint density at radius 1 is 1.11 bits per heavy atom. The molecule has 0 bridgehead atoms. The number of aryl methyl sites for hydroxylation is 1. The van der Waals surface area contributed by atoms with Crippen molar-refractivity contribution in [1.29, 1.82) is 0 Å². The van der Waals surface area contributed by atoms with E-state index >= 15 is 0 Å². The molecule has 1 saturated heterocycles. The fraction of sp³-hybridized carbons (Fsp3) is 0.371. The van der Waals surface area contributed by atoms with Gasteiger partial charge >= 0.3 is 0 Å². The second kappa shape index (κ2) is 14.5. The second-order valence-electron chi connectivity index (χ2n) is 12.3. The summed E-state index contributed by atoms with van der Waals surface area (Å²) >= 11 is 0. The van der Waals surface area contributed by atoms with Crippen LogP contribution in [0.1, 0.15) is 49.3 Å². The molecule has 0 radical (unpaired) electrons. The van der Waals surface area contributed by atoms with Crippen LogP contribution < -0.4 is 16.0 Å². The minimum Gasteiger partial charge on any atom is -0.355 e. The van der Waals surface area contributed by atoms with Crippen LogP contribution in [0.4, 0.5) is 11.9 Å². The first-order chi connectivity index (χ1) is 21.7. The molecule has 4 heterocycles. The van der Waals surface area contributed by atoms with Gasteiger partial charge < -0.3 is 25.8 Å². The van der Waals surface area contributed by atoms with E-state index in [2.05, 4.69) is 89.6 Å². The molecular weight excluding hydrogens is 562 g/mol. The number of rotatable bonds is 9. The third kappa shape index (κ3) is 7.76. The first-order valence-corrected chi connectivity index (χ1v) is 15.7. The minimum atomic E-state index is 0.254. The van der Waals surface area contributed by atoms with Crippen molar-refractivity contribution in [3.05, 3.63) is 83.6 Å². The molecule has 1 fully saturated rings. The maximum absolute atomic E-state index is 9.68. The number of nitrogens with two attached hydrogens (primary N) is 1. The number of benzene rings is 2. The molecule has 45 heavy (non-hydrogen) atoms. The van der Waals surface area contributed by atoms with Crippen LogP contribution in [0, 0.1) is 6.92 Å². The van der Waals surface area contributed by atoms with Gasteiger partial charge in [-0.05, 0) is 69.6 Å². The van der Waals surface area contributed by atoms with Gasteiger partial charge in [0, 0.05) is 59.9 Å². The Hall–Kier alpha value is -4.54. The van der Waals surface area contributed by atoms with Crippen molar-refractivity contribution in [1.82, 2.24) is 29.5 Å². The number of hydrogen-bond donors (Lipinski definition) is 3. The Bertz CT molecular complexity index is 1760. The highest BCUT2D eigenvalue weighted by Gasteiger charge is 2.22. The molecule has 0 amide bonds. The van der Waals surface area contributed by atoms with Crippen LogP contribution in [0.3, 0.4) is 0 Å². The molecule has 0 aliphatic carbocycles. The first-order valence-electron chi connectivity index (χ1n) is 15.7. The highest BCUT2D eigenvalue weighted by atomic mass is 16.1. The molecule has 3 aromatic heterocycles. The number of likely N-dealkylation sites (N-methyl/N-ethyl adjacent to an activating group) is 1. The molecule has 1 aliphatic heterocycles. The summed E-state index contributed by atoms with van der Waals surface area (Å²) in [6.45, 7) is 9.64. The molecule has 1 aliphatic rings. The van der Waals surface area contributed by atoms with E-state index in [1.54, 1.807) is 0 Å². The van der Waals surface area contributed by atoms with Crippen LogP contribution in [0.15, 0.2) is 66.9 Å². The van der Waals surface area contributed by atoms with Gasteiger partial charge in [0.2, 0.25) is 11.9 Å². The average Bonchev–Trinajstić information content (AvgIpc) is 3.65. The van der Waals surface area contributed by atoms with Crippen LogP contribution in [0.25, 0.3) is 27.8 Å². The molecule has 6 rings (SSSR count). The summed E-state index contributed by atoms with van der Waals surface area (Å²) < 4.78 is 1.84. The van der Waals surface area contributed by atoms with Gasteiger partial charge in [-0.15, -0.1) is 0 Å². The molecule has 0 unspecified atom stereocenters. The number of nitrogens with zero attached hydrogens (tertiary/aromatic N) is 6. The van der Waals surface area contributed by atoms with E-state index in [0.717, 1.165) is 67.1 Å². The van der Waals surface area contributed by atoms with Crippen LogP contribution in [-0.4, -0.2) is 75.5 Å². The van der Waals surface area contributed by atoms with E-state index in [4.69, 9.17) is 15.7 Å². The zero-order valence-electron chi connectivity index (χ0n) is 27.0. The smallest absolute Gasteiger partial charge is 0.230 e. The molecule has 10 nitrogen and oxygen atoms in total. The van der Waals surface area contributed by atoms with Crippen molar-refractivity contribution in [3.8, 4) is 11.3 Å². The maximum atomic E-state index is 9.68. The van der Waals surface area contributed by atoms with E-state index in [1.807, 2.05) is 35.8 Å². The summed E-state index contributed by atoms with van der Waals surface area (Å²) in [4.78, 5) is 27.4. The highest BCUT2D eigenvalue weighted by Crippen LogP contribution is 2.29. The zero-order valence-corrected chi connectivity index (χ0v) is 27.0. The van der Waals surface area contributed by atoms with Gasteiger partial charge in [-0.3, -0.25) is 4.79 Å². The van der Waals surface area contributed by atoms with Gasteiger partial charge in [0.05, 0.1) is 6.20 Å². The maximum Gasteiger partial charge on any atom is 0.230 e. The summed E-state index contributed by atoms with van der Waals surface area (Å²) in [5.74, 6) is 1.75. The van der Waals surface area contributed by atoms with Gasteiger partial charge in [0.25, 0.3) is 0 Å². The molecule has 0 spiro atoms. The van der Waals surface area contributed by atoms with Crippen LogP contribution in [0.2, 0.25) is 0 Å². The number of allylic oxidation sites excluding steroid dienone is 1. The number of carbonyl (C=O) groups excluding carboxylic acids is 1. The summed E-state index contributed by atoms with van der Waals surface area (Å²) in [6, 6.07) is 17.5. The van der Waals surface area contributed by atoms with Crippen molar-refractivity contribution >= 4 is 34.7 Å². The van der Waals surface area contributed by atoms with E-state index in [1.165, 1.54) is 28.2 Å². The van der Waals surface area contributed by atoms with Crippen LogP contribution in [-0.2, 0) is 11.3 Å². The Balaban J connectivity index is 0.000000444. The summed E-state index contributed by atoms with van der Waals surface area (Å²) in [5.41, 5.74) is 14.0. The lowest BCUT2D eigenvalue weighted by Gasteiger charge is -2.30. The molecule has 236 valence electrons. The van der Waals surface area contributed by atoms with Crippen molar-refractivity contribution in [2.75, 3.05) is 43.9 Å². The topological polar surface area (TPSA) is 120 Å². The number of fused-ring (bicyclic) bond motifs is 2. The number of hydrogen-bond acceptors (Lipinski definition) is 8. The molecule has 4 N–H and O–H groups in total. The van der Waals surface area contributed by atoms with Crippen molar-refractivity contribution in [2.45, 2.75) is 52.1 Å². The Morgan fingerprint density at radius 3 is 2.62 bits per heavy atom. The van der Waals surface area contributed by atoms with Gasteiger partial charge in [-0.2, -0.15) is 19.6 Å². The quantitative estimate of drug-likeness (QED) is 0.147. The SMILES string of the molecule is CN(C)C/C=C/C=O.Cc1ccc2[nH]c(-c3ccccc3CNc3nc(N4CCC(N)CC4)nc4c(C(C)C)cnn34)cc2c1. The molecule has 0 atom stereocenters. The monoisotopic (exact) mass is 607 g/mol. The predicted octanol–water partition coefficient (Wildman–Crippen LogP) is 5.55. The Kier molecular flexibility index (Phi) is 10.3. The summed E-state index contributed by atoms with van der Waals surface area (Å²) in [7, 11) is 3.91. The second-order valence-corrected chi connectivity index (χ2v) is 12.3. The summed E-state index contributed by atoms with van der Waals surface area (Å²) in [5, 5.41) is 9.46. The number of carbonyl (C=O) groups is 1. The van der Waals surface area contributed by atoms with Crippen molar-refractivity contribution in [2.24, 2.45) is 5.73 Å². The lowest BCUT2D eigenvalue weighted by Crippen LogP contribution is -2.40. The fourth-order valence-electron chi connectivity index (χ4n) is 5.48. The lowest BCUT2D eigenvalue weighted by atomic mass is 10.0. The van der Waals surface area contributed by atoms with Gasteiger partial charge in [0.1, 0.15) is 6.29 Å². The highest BCUT2D eigenvalue weighted by molar-refractivity contribution is 5.87. The zero-order chi connectivity index (χ0) is 31.9. The van der Waals surface area contributed by atoms with Gasteiger partial charge in [-0.1, -0.05) is 55.8 Å².